The van der Waals surface area contributed by atoms with Crippen molar-refractivity contribution in [1.82, 2.24) is 9.55 Å². The molecule has 1 aromatic heterocycles. The van der Waals surface area contributed by atoms with Crippen molar-refractivity contribution in [3.05, 3.63) is 18.7 Å². The van der Waals surface area contributed by atoms with Crippen LogP contribution in [0.5, 0.6) is 0 Å². The molecule has 2 nitrogen and oxygen atoms in total. The first kappa shape index (κ1) is 9.10. The number of rotatable bonds is 3. The molecule has 0 aliphatic heterocycles. The minimum atomic E-state index is -1.52. The van der Waals surface area contributed by atoms with Gasteiger partial charge in [0, 0.05) is 0 Å². The van der Waals surface area contributed by atoms with Crippen molar-refractivity contribution < 1.29 is 0 Å². The van der Waals surface area contributed by atoms with Crippen molar-refractivity contribution in [2.75, 3.05) is 0 Å². The normalized spacial score (nSPS) is 11.9. The zero-order chi connectivity index (χ0) is 8.32. The van der Waals surface area contributed by atoms with Gasteiger partial charge < -0.3 is 0 Å². The quantitative estimate of drug-likeness (QED) is 0.761. The molecule has 0 spiro atoms. The van der Waals surface area contributed by atoms with Crippen LogP contribution in [0.3, 0.4) is 0 Å². The molecule has 1 rings (SSSR count). The van der Waals surface area contributed by atoms with E-state index in [1.165, 1.54) is 11.0 Å². The molecule has 0 bridgehead atoms. The number of nitrogens with zero attached hydrogens (tertiary/aromatic N) is 2. The van der Waals surface area contributed by atoms with Crippen LogP contribution in [0.25, 0.3) is 0 Å². The van der Waals surface area contributed by atoms with Crippen LogP contribution in [0.15, 0.2) is 18.7 Å². The molecular formula is C8H16N2Sn. The second-order valence-corrected chi connectivity index (χ2v) is 20.2. The summed E-state index contributed by atoms with van der Waals surface area (Å²) in [5.74, 6) is 0. The Morgan fingerprint density at radius 1 is 1.36 bits per heavy atom. The Hall–Kier alpha value is 0.00870. The first-order valence-corrected chi connectivity index (χ1v) is 14.6. The molecule has 0 fully saturated rings. The molecule has 0 aliphatic rings. The topological polar surface area (TPSA) is 17.8 Å². The second-order valence-electron chi connectivity index (χ2n) is 4.11. The Labute approximate surface area is 72.5 Å². The molecule has 62 valence electrons. The summed E-state index contributed by atoms with van der Waals surface area (Å²) < 4.78 is 3.58. The summed E-state index contributed by atoms with van der Waals surface area (Å²) in [4.78, 5) is 11.4. The van der Waals surface area contributed by atoms with E-state index in [0.29, 0.717) is 0 Å². The summed E-state index contributed by atoms with van der Waals surface area (Å²) in [7, 11) is 0. The van der Waals surface area contributed by atoms with Gasteiger partial charge in [0.25, 0.3) is 0 Å². The third-order valence-corrected chi connectivity index (χ3v) is 6.60. The third-order valence-electron chi connectivity index (χ3n) is 1.68. The Bertz CT molecular complexity index is 198. The molecule has 0 atom stereocenters. The molecule has 1 heterocycles. The molecule has 3 heteroatoms. The summed E-state index contributed by atoms with van der Waals surface area (Å²) in [6.45, 7) is 1.17. The van der Waals surface area contributed by atoms with E-state index < -0.39 is 18.4 Å². The van der Waals surface area contributed by atoms with E-state index >= 15 is 0 Å². The first-order chi connectivity index (χ1) is 5.08. The predicted molar refractivity (Wildman–Crippen MR) is 50.4 cm³/mol. The van der Waals surface area contributed by atoms with Crippen LogP contribution in [0, 0.1) is 0 Å². The number of hydrogen-bond acceptors (Lipinski definition) is 1. The molecular weight excluding hydrogens is 243 g/mol. The van der Waals surface area contributed by atoms with Gasteiger partial charge >= 0.3 is 72.4 Å². The second kappa shape index (κ2) is 3.61. The van der Waals surface area contributed by atoms with E-state index in [-0.39, 0.29) is 0 Å². The Morgan fingerprint density at radius 2 is 2.09 bits per heavy atom. The van der Waals surface area contributed by atoms with Crippen LogP contribution in [0.2, 0.25) is 19.3 Å². The molecule has 0 saturated carbocycles. The molecule has 1 aromatic rings. The van der Waals surface area contributed by atoms with Crippen molar-refractivity contribution in [2.24, 2.45) is 0 Å². The average Bonchev–Trinajstić information content (AvgIpc) is 2.32. The fourth-order valence-corrected chi connectivity index (χ4v) is 3.54. The van der Waals surface area contributed by atoms with Gasteiger partial charge in [-0.3, -0.25) is 0 Å². The number of hydrogen-bond donors (Lipinski definition) is 0. The van der Waals surface area contributed by atoms with Crippen LogP contribution in [-0.2, 0) is 6.54 Å². The van der Waals surface area contributed by atoms with Crippen LogP contribution in [-0.4, -0.2) is 27.9 Å². The summed E-state index contributed by atoms with van der Waals surface area (Å²) in [5, 5.41) is 0. The van der Waals surface area contributed by atoms with Crippen LogP contribution >= 0.6 is 0 Å². The summed E-state index contributed by atoms with van der Waals surface area (Å²) in [6, 6.07) is 0. The molecule has 0 saturated heterocycles. The Morgan fingerprint density at radius 3 is 2.55 bits per heavy atom. The van der Waals surface area contributed by atoms with E-state index in [2.05, 4.69) is 24.4 Å². The number of aryl methyl sites for hydroxylation is 1. The van der Waals surface area contributed by atoms with Gasteiger partial charge in [0.05, 0.1) is 0 Å². The average molecular weight is 259 g/mol. The molecule has 0 aliphatic carbocycles. The Balaban J connectivity index is 2.35. The zero-order valence-corrected chi connectivity index (χ0v) is 10.4. The van der Waals surface area contributed by atoms with Crippen molar-refractivity contribution in [3.8, 4) is 0 Å². The summed E-state index contributed by atoms with van der Waals surface area (Å²) in [6.07, 6.45) is 5.79. The van der Waals surface area contributed by atoms with E-state index in [4.69, 9.17) is 0 Å². The zero-order valence-electron chi connectivity index (χ0n) is 7.54. The molecule has 0 amide bonds. The van der Waals surface area contributed by atoms with E-state index in [1.54, 1.807) is 0 Å². The molecule has 0 N–H and O–H groups in total. The molecule has 0 aromatic carbocycles. The summed E-state index contributed by atoms with van der Waals surface area (Å²) >= 11 is -1.52. The van der Waals surface area contributed by atoms with Crippen molar-refractivity contribution >= 4 is 18.4 Å². The molecule has 11 heavy (non-hydrogen) atoms. The monoisotopic (exact) mass is 260 g/mol. The fraction of sp³-hybridized carbons (Fsp3) is 0.625. The van der Waals surface area contributed by atoms with Gasteiger partial charge in [-0.25, -0.2) is 0 Å². The van der Waals surface area contributed by atoms with E-state index in [9.17, 15) is 0 Å². The van der Waals surface area contributed by atoms with Gasteiger partial charge in [0.2, 0.25) is 0 Å². The fourth-order valence-electron chi connectivity index (χ4n) is 0.884. The van der Waals surface area contributed by atoms with Crippen molar-refractivity contribution in [3.63, 3.8) is 0 Å². The number of imidazole rings is 1. The minimum absolute atomic E-state index is 1.17. The number of aromatic nitrogens is 2. The SMILES string of the molecule is [CH3][Sn]([CH3])([CH3])[CH2]Cn1ccnc1. The molecule has 0 radical (unpaired) electrons. The van der Waals surface area contributed by atoms with Gasteiger partial charge in [-0.2, -0.15) is 0 Å². The predicted octanol–water partition coefficient (Wildman–Crippen LogP) is 2.22. The van der Waals surface area contributed by atoms with E-state index in [1.807, 2.05) is 18.7 Å². The van der Waals surface area contributed by atoms with Crippen molar-refractivity contribution in [1.29, 1.82) is 0 Å². The standard InChI is InChI=1S/C5H7N2.3CH3.Sn/c1-2-7-4-3-6-5-7;;;;/h3-5H,1-2H2;3*1H3;. The maximum atomic E-state index is 4.01. The maximum absolute atomic E-state index is 4.01. The van der Waals surface area contributed by atoms with Gasteiger partial charge in [0.1, 0.15) is 0 Å². The van der Waals surface area contributed by atoms with Crippen LogP contribution in [0.1, 0.15) is 0 Å². The molecule has 0 unspecified atom stereocenters. The van der Waals surface area contributed by atoms with Gasteiger partial charge in [-0.05, 0) is 0 Å². The van der Waals surface area contributed by atoms with Crippen LogP contribution in [0.4, 0.5) is 0 Å². The third kappa shape index (κ3) is 3.79. The van der Waals surface area contributed by atoms with Crippen molar-refractivity contribution in [2.45, 2.75) is 25.8 Å². The van der Waals surface area contributed by atoms with E-state index in [0.717, 1.165) is 0 Å². The van der Waals surface area contributed by atoms with Crippen LogP contribution < -0.4 is 0 Å². The van der Waals surface area contributed by atoms with Gasteiger partial charge in [-0.1, -0.05) is 0 Å². The van der Waals surface area contributed by atoms with Gasteiger partial charge in [0.15, 0.2) is 0 Å². The van der Waals surface area contributed by atoms with Gasteiger partial charge in [-0.15, -0.1) is 0 Å². The summed E-state index contributed by atoms with van der Waals surface area (Å²) in [5.41, 5.74) is 0. The first-order valence-electron chi connectivity index (χ1n) is 4.04. The Kier molecular flexibility index (Phi) is 2.98.